The van der Waals surface area contributed by atoms with Crippen LogP contribution in [0.15, 0.2) is 54.7 Å². The van der Waals surface area contributed by atoms with Crippen LogP contribution in [0.1, 0.15) is 65.2 Å². The highest BCUT2D eigenvalue weighted by Crippen LogP contribution is 2.36. The number of methoxy groups -OCH3 is 1. The Balaban J connectivity index is 1.52. The minimum absolute atomic E-state index is 0.263. The van der Waals surface area contributed by atoms with Crippen LogP contribution in [0, 0.1) is 0 Å². The fraction of sp³-hybridized carbons (Fsp3) is 0.393. The first-order valence-corrected chi connectivity index (χ1v) is 12.7. The number of ether oxygens (including phenoxy) is 2. The molecule has 3 aromatic rings. The van der Waals surface area contributed by atoms with Crippen LogP contribution in [0.5, 0.6) is 5.75 Å². The Morgan fingerprint density at radius 2 is 1.74 bits per heavy atom. The molecule has 1 aromatic heterocycles. The van der Waals surface area contributed by atoms with Gasteiger partial charge >= 0.3 is 12.3 Å². The summed E-state index contributed by atoms with van der Waals surface area (Å²) in [4.78, 5) is 23.7. The second-order valence-electron chi connectivity index (χ2n) is 9.47. The van der Waals surface area contributed by atoms with Crippen molar-refractivity contribution >= 4 is 11.9 Å². The van der Waals surface area contributed by atoms with Gasteiger partial charge in [-0.05, 0) is 60.4 Å². The number of halogens is 3. The van der Waals surface area contributed by atoms with Crippen LogP contribution < -0.4 is 10.1 Å². The Labute approximate surface area is 223 Å². The van der Waals surface area contributed by atoms with Gasteiger partial charge in [0, 0.05) is 17.9 Å². The maximum atomic E-state index is 12.6. The van der Waals surface area contributed by atoms with Gasteiger partial charge in [0.1, 0.15) is 5.75 Å². The third kappa shape index (κ3) is 7.38. The Kier molecular flexibility index (Phi) is 8.90. The molecule has 2 N–H and O–H groups in total. The SMILES string of the molecule is COC(=O)C(O)CNC(=O)c1ccc(Cc2cnn(-c3ccc(OC(F)(F)F)cc3)c2C2CCCCC2)cc1. The number of amides is 1. The molecule has 0 radical (unpaired) electrons. The molecule has 2 aromatic carbocycles. The number of alkyl halides is 3. The van der Waals surface area contributed by atoms with Crippen molar-refractivity contribution in [1.29, 1.82) is 0 Å². The molecule has 39 heavy (non-hydrogen) atoms. The van der Waals surface area contributed by atoms with Crippen molar-refractivity contribution in [2.45, 2.75) is 56.9 Å². The molecule has 11 heteroatoms. The molecule has 1 saturated carbocycles. The number of carbonyl (C=O) groups excluding carboxylic acids is 2. The molecule has 1 fully saturated rings. The number of aliphatic hydroxyl groups excluding tert-OH is 1. The summed E-state index contributed by atoms with van der Waals surface area (Å²) in [5.41, 5.74) is 4.03. The van der Waals surface area contributed by atoms with Crippen LogP contribution in [0.4, 0.5) is 13.2 Å². The van der Waals surface area contributed by atoms with Crippen molar-refractivity contribution in [2.24, 2.45) is 0 Å². The number of hydrogen-bond donors (Lipinski definition) is 2. The molecule has 1 unspecified atom stereocenters. The number of esters is 1. The minimum atomic E-state index is -4.76. The number of hydrogen-bond acceptors (Lipinski definition) is 6. The lowest BCUT2D eigenvalue weighted by atomic mass is 9.84. The van der Waals surface area contributed by atoms with Crippen LogP contribution in [0.2, 0.25) is 0 Å². The second kappa shape index (κ2) is 12.3. The number of nitrogens with one attached hydrogen (secondary N) is 1. The number of benzene rings is 2. The summed E-state index contributed by atoms with van der Waals surface area (Å²) in [5.74, 6) is -1.28. The first-order valence-electron chi connectivity index (χ1n) is 12.7. The molecular formula is C28H30F3N3O5. The Morgan fingerprint density at radius 3 is 2.36 bits per heavy atom. The zero-order valence-electron chi connectivity index (χ0n) is 21.4. The average Bonchev–Trinajstić information content (AvgIpc) is 3.34. The summed E-state index contributed by atoms with van der Waals surface area (Å²) in [7, 11) is 1.15. The fourth-order valence-corrected chi connectivity index (χ4v) is 4.84. The van der Waals surface area contributed by atoms with Crippen LogP contribution in [0.25, 0.3) is 5.69 Å². The van der Waals surface area contributed by atoms with Crippen molar-refractivity contribution in [2.75, 3.05) is 13.7 Å². The van der Waals surface area contributed by atoms with Crippen LogP contribution in [0.3, 0.4) is 0 Å². The minimum Gasteiger partial charge on any atom is -0.467 e. The molecule has 8 nitrogen and oxygen atoms in total. The number of nitrogens with zero attached hydrogens (tertiary/aromatic N) is 2. The van der Waals surface area contributed by atoms with Crippen molar-refractivity contribution < 1.29 is 37.3 Å². The Hall–Kier alpha value is -3.86. The van der Waals surface area contributed by atoms with E-state index in [1.165, 1.54) is 18.6 Å². The fourth-order valence-electron chi connectivity index (χ4n) is 4.84. The molecule has 1 aliphatic carbocycles. The van der Waals surface area contributed by atoms with Crippen molar-refractivity contribution in [3.8, 4) is 11.4 Å². The van der Waals surface area contributed by atoms with E-state index in [4.69, 9.17) is 0 Å². The van der Waals surface area contributed by atoms with Crippen LogP contribution >= 0.6 is 0 Å². The number of aliphatic hydroxyl groups is 1. The van der Waals surface area contributed by atoms with Gasteiger partial charge in [0.05, 0.1) is 31.2 Å². The molecule has 0 bridgehead atoms. The van der Waals surface area contributed by atoms with E-state index in [1.54, 1.807) is 35.1 Å². The molecule has 0 saturated heterocycles. The molecule has 208 valence electrons. The lowest BCUT2D eigenvalue weighted by Crippen LogP contribution is -2.37. The Morgan fingerprint density at radius 1 is 1.08 bits per heavy atom. The third-order valence-corrected chi connectivity index (χ3v) is 6.73. The van der Waals surface area contributed by atoms with Gasteiger partial charge in [-0.1, -0.05) is 31.4 Å². The molecule has 4 rings (SSSR count). The van der Waals surface area contributed by atoms with E-state index < -0.39 is 24.3 Å². The van der Waals surface area contributed by atoms with E-state index in [0.717, 1.165) is 49.6 Å². The first-order chi connectivity index (χ1) is 18.6. The van der Waals surface area contributed by atoms with Gasteiger partial charge in [-0.15, -0.1) is 13.2 Å². The zero-order chi connectivity index (χ0) is 28.0. The molecule has 1 atom stereocenters. The monoisotopic (exact) mass is 545 g/mol. The van der Waals surface area contributed by atoms with Crippen molar-refractivity contribution in [3.05, 3.63) is 77.1 Å². The molecular weight excluding hydrogens is 515 g/mol. The normalized spacial score (nSPS) is 15.0. The third-order valence-electron chi connectivity index (χ3n) is 6.73. The second-order valence-corrected chi connectivity index (χ2v) is 9.47. The van der Waals surface area contributed by atoms with E-state index >= 15 is 0 Å². The van der Waals surface area contributed by atoms with Gasteiger partial charge in [-0.3, -0.25) is 4.79 Å². The highest BCUT2D eigenvalue weighted by molar-refractivity contribution is 5.94. The van der Waals surface area contributed by atoms with Crippen LogP contribution in [-0.2, 0) is 16.0 Å². The molecule has 1 heterocycles. The van der Waals surface area contributed by atoms with Gasteiger partial charge in [0.15, 0.2) is 6.10 Å². The van der Waals surface area contributed by atoms with Gasteiger partial charge in [0.25, 0.3) is 5.91 Å². The van der Waals surface area contributed by atoms with Gasteiger partial charge < -0.3 is 19.9 Å². The lowest BCUT2D eigenvalue weighted by Gasteiger charge is -2.24. The van der Waals surface area contributed by atoms with E-state index in [-0.39, 0.29) is 18.2 Å². The topological polar surface area (TPSA) is 103 Å². The smallest absolute Gasteiger partial charge is 0.467 e. The maximum Gasteiger partial charge on any atom is 0.573 e. The Bertz CT molecular complexity index is 1270. The highest BCUT2D eigenvalue weighted by atomic mass is 19.4. The van der Waals surface area contributed by atoms with E-state index in [1.807, 2.05) is 12.1 Å². The zero-order valence-corrected chi connectivity index (χ0v) is 21.4. The summed E-state index contributed by atoms with van der Waals surface area (Å²) in [6.45, 7) is -0.263. The predicted octanol–water partition coefficient (Wildman–Crippen LogP) is 4.67. The predicted molar refractivity (Wildman–Crippen MR) is 136 cm³/mol. The molecule has 0 spiro atoms. The van der Waals surface area contributed by atoms with Gasteiger partial charge in [0.2, 0.25) is 0 Å². The average molecular weight is 546 g/mol. The highest BCUT2D eigenvalue weighted by Gasteiger charge is 2.31. The quantitative estimate of drug-likeness (QED) is 0.379. The number of aromatic nitrogens is 2. The van der Waals surface area contributed by atoms with Crippen LogP contribution in [-0.4, -0.2) is 52.9 Å². The summed E-state index contributed by atoms with van der Waals surface area (Å²) in [6.07, 6.45) is 1.53. The van der Waals surface area contributed by atoms with Crippen molar-refractivity contribution in [3.63, 3.8) is 0 Å². The maximum absolute atomic E-state index is 12.6. The largest absolute Gasteiger partial charge is 0.573 e. The van der Waals surface area contributed by atoms with Gasteiger partial charge in [-0.25, -0.2) is 9.48 Å². The number of carbonyl (C=O) groups is 2. The van der Waals surface area contributed by atoms with E-state index in [2.05, 4.69) is 19.9 Å². The molecule has 1 amide bonds. The summed E-state index contributed by atoms with van der Waals surface area (Å²) in [5, 5.41) is 16.7. The molecule has 0 aliphatic heterocycles. The molecule has 1 aliphatic rings. The standard InChI is InChI=1S/C28H30F3N3O5/c1-38-27(37)24(35)17-32-26(36)20-9-7-18(8-10-20)15-21-16-33-34(25(21)19-5-3-2-4-6-19)22-11-13-23(14-12-22)39-28(29,30)31/h7-14,16,19,24,35H,2-6,15,17H2,1H3,(H,32,36). The lowest BCUT2D eigenvalue weighted by molar-refractivity contribution is -0.274. The first kappa shape index (κ1) is 28.2. The van der Waals surface area contributed by atoms with E-state index in [9.17, 15) is 27.9 Å². The summed E-state index contributed by atoms with van der Waals surface area (Å²) < 4.78 is 48.0. The number of rotatable bonds is 9. The summed E-state index contributed by atoms with van der Waals surface area (Å²) >= 11 is 0. The summed E-state index contributed by atoms with van der Waals surface area (Å²) in [6, 6.07) is 12.7. The van der Waals surface area contributed by atoms with Crippen molar-refractivity contribution in [1.82, 2.24) is 15.1 Å². The van der Waals surface area contributed by atoms with E-state index in [0.29, 0.717) is 17.7 Å². The van der Waals surface area contributed by atoms with Gasteiger partial charge in [-0.2, -0.15) is 5.10 Å².